The minimum absolute atomic E-state index is 0.0447. The molecule has 2 aromatic rings. The van der Waals surface area contributed by atoms with Gasteiger partial charge in [-0.2, -0.15) is 26.3 Å². The molecular weight excluding hydrogens is 408 g/mol. The van der Waals surface area contributed by atoms with Gasteiger partial charge in [0.15, 0.2) is 6.61 Å². The van der Waals surface area contributed by atoms with Crippen molar-refractivity contribution in [3.05, 3.63) is 59.2 Å². The number of esters is 1. The number of benzene rings is 2. The molecule has 0 aliphatic rings. The third kappa shape index (κ3) is 6.13. The second-order valence-corrected chi connectivity index (χ2v) is 5.64. The van der Waals surface area contributed by atoms with E-state index in [1.54, 1.807) is 0 Å². The van der Waals surface area contributed by atoms with Crippen LogP contribution in [0.15, 0.2) is 42.5 Å². The van der Waals surface area contributed by atoms with Gasteiger partial charge in [0.25, 0.3) is 5.91 Å². The van der Waals surface area contributed by atoms with Crippen LogP contribution in [-0.2, 0) is 21.9 Å². The van der Waals surface area contributed by atoms with Crippen molar-refractivity contribution < 1.29 is 45.4 Å². The second-order valence-electron chi connectivity index (χ2n) is 5.64. The van der Waals surface area contributed by atoms with Gasteiger partial charge in [-0.05, 0) is 36.4 Å². The minimum atomic E-state index is -5.04. The maximum atomic E-state index is 12.9. The Morgan fingerprint density at radius 2 is 1.52 bits per heavy atom. The first kappa shape index (κ1) is 22.1. The van der Waals surface area contributed by atoms with Gasteiger partial charge in [-0.15, -0.1) is 0 Å². The lowest BCUT2D eigenvalue weighted by Gasteiger charge is -2.15. The molecule has 0 aliphatic heterocycles. The molecule has 0 heterocycles. The van der Waals surface area contributed by atoms with Gasteiger partial charge >= 0.3 is 18.3 Å². The van der Waals surface area contributed by atoms with E-state index in [9.17, 15) is 35.9 Å². The van der Waals surface area contributed by atoms with Gasteiger partial charge in [-0.25, -0.2) is 4.79 Å². The van der Waals surface area contributed by atoms with Crippen molar-refractivity contribution in [2.45, 2.75) is 12.4 Å². The van der Waals surface area contributed by atoms with Crippen LogP contribution in [0.2, 0.25) is 0 Å². The van der Waals surface area contributed by atoms with Gasteiger partial charge in [0, 0.05) is 11.3 Å². The van der Waals surface area contributed by atoms with Crippen LogP contribution >= 0.6 is 0 Å². The lowest BCUT2D eigenvalue weighted by Crippen LogP contribution is -2.16. The molecule has 0 aliphatic carbocycles. The average molecular weight is 421 g/mol. The summed E-state index contributed by atoms with van der Waals surface area (Å²) in [5.41, 5.74) is -3.91. The summed E-state index contributed by atoms with van der Waals surface area (Å²) in [6, 6.07) is 5.92. The van der Waals surface area contributed by atoms with Gasteiger partial charge in [0.2, 0.25) is 0 Å². The first-order valence-corrected chi connectivity index (χ1v) is 7.80. The molecule has 5 nitrogen and oxygen atoms in total. The summed E-state index contributed by atoms with van der Waals surface area (Å²) in [4.78, 5) is 23.3. The van der Waals surface area contributed by atoms with Crippen LogP contribution in [0.5, 0.6) is 5.75 Å². The zero-order chi connectivity index (χ0) is 21.8. The Morgan fingerprint density at radius 1 is 0.931 bits per heavy atom. The Kier molecular flexibility index (Phi) is 6.40. The Labute approximate surface area is 160 Å². The Hall–Kier alpha value is -3.24. The summed E-state index contributed by atoms with van der Waals surface area (Å²) in [6.07, 6.45) is -10.1. The molecule has 0 radical (unpaired) electrons. The lowest BCUT2D eigenvalue weighted by atomic mass is 10.1. The van der Waals surface area contributed by atoms with Crippen molar-refractivity contribution in [2.24, 2.45) is 0 Å². The molecule has 0 atom stereocenters. The summed E-state index contributed by atoms with van der Waals surface area (Å²) in [5.74, 6) is -1.59. The smallest absolute Gasteiger partial charge is 0.416 e. The highest BCUT2D eigenvalue weighted by molar-refractivity contribution is 6.04. The second kappa shape index (κ2) is 8.41. The largest absolute Gasteiger partial charge is 0.482 e. The first-order chi connectivity index (χ1) is 13.4. The molecule has 0 aromatic heterocycles. The molecule has 0 unspecified atom stereocenters. The van der Waals surface area contributed by atoms with E-state index in [1.807, 2.05) is 5.32 Å². The van der Waals surface area contributed by atoms with E-state index in [-0.39, 0.29) is 17.4 Å². The monoisotopic (exact) mass is 421 g/mol. The molecule has 156 valence electrons. The van der Waals surface area contributed by atoms with E-state index in [0.717, 1.165) is 13.2 Å². The number of anilines is 1. The Morgan fingerprint density at radius 3 is 2.03 bits per heavy atom. The number of hydrogen-bond donors (Lipinski definition) is 1. The van der Waals surface area contributed by atoms with Crippen LogP contribution in [0, 0.1) is 0 Å². The van der Waals surface area contributed by atoms with Crippen LogP contribution in [0.4, 0.5) is 32.0 Å². The summed E-state index contributed by atoms with van der Waals surface area (Å²) < 4.78 is 86.8. The molecule has 0 bridgehead atoms. The standard InChI is InChI=1S/C18H13F6NO4/c1-28-15(26)9-29-14-4-2-3-10(5-14)16(27)25-13-7-11(17(19,20)21)6-12(8-13)18(22,23)24/h2-8H,9H2,1H3,(H,25,27). The molecule has 11 heteroatoms. The zero-order valence-corrected chi connectivity index (χ0v) is 14.6. The molecular formula is C18H13F6NO4. The normalized spacial score (nSPS) is 11.7. The fourth-order valence-electron chi connectivity index (χ4n) is 2.16. The van der Waals surface area contributed by atoms with Gasteiger partial charge in [0.05, 0.1) is 18.2 Å². The van der Waals surface area contributed by atoms with Crippen LogP contribution in [0.3, 0.4) is 0 Å². The van der Waals surface area contributed by atoms with E-state index in [1.165, 1.54) is 18.2 Å². The van der Waals surface area contributed by atoms with Crippen LogP contribution in [-0.4, -0.2) is 25.6 Å². The zero-order valence-electron chi connectivity index (χ0n) is 14.6. The number of halogens is 6. The van der Waals surface area contributed by atoms with Crippen LogP contribution < -0.4 is 10.1 Å². The summed E-state index contributed by atoms with van der Waals surface area (Å²) in [5, 5.41) is 2.00. The van der Waals surface area contributed by atoms with Crippen molar-refractivity contribution in [1.29, 1.82) is 0 Å². The predicted octanol–water partition coefficient (Wildman–Crippen LogP) is 4.53. The maximum Gasteiger partial charge on any atom is 0.416 e. The summed E-state index contributed by atoms with van der Waals surface area (Å²) >= 11 is 0. The molecule has 1 N–H and O–H groups in total. The fraction of sp³-hybridized carbons (Fsp3) is 0.222. The van der Waals surface area contributed by atoms with E-state index in [2.05, 4.69) is 4.74 Å². The molecule has 1 amide bonds. The van der Waals surface area contributed by atoms with Crippen molar-refractivity contribution in [3.8, 4) is 5.75 Å². The molecule has 0 saturated carbocycles. The fourth-order valence-corrected chi connectivity index (χ4v) is 2.16. The quantitative estimate of drug-likeness (QED) is 0.569. The minimum Gasteiger partial charge on any atom is -0.482 e. The van der Waals surface area contributed by atoms with Gasteiger partial charge in [-0.1, -0.05) is 6.07 Å². The Balaban J connectivity index is 2.27. The van der Waals surface area contributed by atoms with Crippen molar-refractivity contribution in [2.75, 3.05) is 19.0 Å². The summed E-state index contributed by atoms with van der Waals surface area (Å²) in [7, 11) is 1.14. The highest BCUT2D eigenvalue weighted by atomic mass is 19.4. The van der Waals surface area contributed by atoms with Crippen LogP contribution in [0.25, 0.3) is 0 Å². The lowest BCUT2D eigenvalue weighted by molar-refractivity contribution is -0.144. The number of nitrogens with one attached hydrogen (secondary N) is 1. The predicted molar refractivity (Wildman–Crippen MR) is 88.4 cm³/mol. The van der Waals surface area contributed by atoms with E-state index in [4.69, 9.17) is 4.74 Å². The number of carbonyl (C=O) groups is 2. The molecule has 29 heavy (non-hydrogen) atoms. The van der Waals surface area contributed by atoms with Gasteiger partial charge < -0.3 is 14.8 Å². The average Bonchev–Trinajstić information content (AvgIpc) is 2.64. The Bertz CT molecular complexity index is 876. The van der Waals surface area contributed by atoms with E-state index >= 15 is 0 Å². The number of ether oxygens (including phenoxy) is 2. The molecule has 0 fully saturated rings. The number of methoxy groups -OCH3 is 1. The SMILES string of the molecule is COC(=O)COc1cccc(C(=O)Nc2cc(C(F)(F)F)cc(C(F)(F)F)c2)c1. The number of amides is 1. The maximum absolute atomic E-state index is 12.9. The van der Waals surface area contributed by atoms with E-state index < -0.39 is 47.7 Å². The number of alkyl halides is 6. The van der Waals surface area contributed by atoms with Gasteiger partial charge in [-0.3, -0.25) is 4.79 Å². The highest BCUT2D eigenvalue weighted by Gasteiger charge is 2.37. The number of rotatable bonds is 5. The number of hydrogen-bond acceptors (Lipinski definition) is 4. The van der Waals surface area contributed by atoms with Crippen LogP contribution in [0.1, 0.15) is 21.5 Å². The molecule has 2 aromatic carbocycles. The third-order valence-electron chi connectivity index (χ3n) is 3.53. The summed E-state index contributed by atoms with van der Waals surface area (Å²) in [6.45, 7) is -0.454. The molecule has 0 spiro atoms. The van der Waals surface area contributed by atoms with Crippen molar-refractivity contribution in [1.82, 2.24) is 0 Å². The molecule has 2 rings (SSSR count). The molecule has 0 saturated heterocycles. The van der Waals surface area contributed by atoms with Crippen molar-refractivity contribution in [3.63, 3.8) is 0 Å². The number of carbonyl (C=O) groups excluding carboxylic acids is 2. The van der Waals surface area contributed by atoms with Crippen molar-refractivity contribution >= 4 is 17.6 Å². The topological polar surface area (TPSA) is 64.6 Å². The first-order valence-electron chi connectivity index (χ1n) is 7.80. The third-order valence-corrected chi connectivity index (χ3v) is 3.53. The van der Waals surface area contributed by atoms with E-state index in [0.29, 0.717) is 12.1 Å². The highest BCUT2D eigenvalue weighted by Crippen LogP contribution is 2.37. The van der Waals surface area contributed by atoms with Gasteiger partial charge in [0.1, 0.15) is 5.75 Å².